The normalized spacial score (nSPS) is 13.8. The van der Waals surface area contributed by atoms with Gasteiger partial charge >= 0.3 is 58.4 Å². The molecular formula is C12H16BF3KN3. The Bertz CT molecular complexity index is 449. The van der Waals surface area contributed by atoms with Gasteiger partial charge in [-0.2, -0.15) is 0 Å². The summed E-state index contributed by atoms with van der Waals surface area (Å²) < 4.78 is 40.0. The molecule has 0 amide bonds. The zero-order chi connectivity index (χ0) is 14.4. The number of rotatable bonds is 7. The zero-order valence-electron chi connectivity index (χ0n) is 11.8. The number of halogens is 3. The van der Waals surface area contributed by atoms with Gasteiger partial charge in [-0.1, -0.05) is 60.8 Å². The second kappa shape index (κ2) is 9.12. The molecule has 0 radical (unpaired) electrons. The molecule has 8 heteroatoms. The third-order valence-corrected chi connectivity index (χ3v) is 3.42. The minimum Gasteiger partial charge on any atom is -0.448 e. The molecule has 0 aliphatic carbocycles. The molecule has 1 aromatic carbocycles. The fourth-order valence-corrected chi connectivity index (χ4v) is 2.04. The second-order valence-electron chi connectivity index (χ2n) is 4.77. The van der Waals surface area contributed by atoms with Crippen LogP contribution in [0.1, 0.15) is 31.7 Å². The monoisotopic (exact) mass is 309 g/mol. The van der Waals surface area contributed by atoms with E-state index in [2.05, 4.69) is 10.0 Å². The number of hydrogen-bond acceptors (Lipinski definition) is 1. The molecule has 0 aromatic heterocycles. The van der Waals surface area contributed by atoms with Crippen LogP contribution in [0.2, 0.25) is 0 Å². The Kier molecular flexibility index (Phi) is 9.13. The molecule has 104 valence electrons. The van der Waals surface area contributed by atoms with Crippen LogP contribution in [0.3, 0.4) is 0 Å². The van der Waals surface area contributed by atoms with E-state index in [1.165, 1.54) is 19.1 Å². The average Bonchev–Trinajstić information content (AvgIpc) is 2.38. The topological polar surface area (TPSA) is 48.8 Å². The van der Waals surface area contributed by atoms with E-state index < -0.39 is 12.3 Å². The van der Waals surface area contributed by atoms with Crippen molar-refractivity contribution >= 4 is 6.98 Å². The van der Waals surface area contributed by atoms with Crippen molar-refractivity contribution in [3.63, 3.8) is 0 Å². The summed E-state index contributed by atoms with van der Waals surface area (Å²) in [6, 6.07) is 7.98. The number of hydrogen-bond donors (Lipinski definition) is 0. The molecule has 0 saturated carbocycles. The molecule has 0 spiro atoms. The van der Waals surface area contributed by atoms with Crippen LogP contribution >= 0.6 is 0 Å². The maximum absolute atomic E-state index is 13.3. The minimum absolute atomic E-state index is 0. The molecule has 0 fully saturated rings. The molecule has 0 saturated heterocycles. The fourth-order valence-electron chi connectivity index (χ4n) is 2.04. The number of azide groups is 1. The van der Waals surface area contributed by atoms with Gasteiger partial charge in [0.15, 0.2) is 0 Å². The predicted molar refractivity (Wildman–Crippen MR) is 70.7 cm³/mol. The van der Waals surface area contributed by atoms with Gasteiger partial charge in [0.1, 0.15) is 0 Å². The minimum atomic E-state index is -4.98. The van der Waals surface area contributed by atoms with Crippen molar-refractivity contribution in [3.8, 4) is 0 Å². The van der Waals surface area contributed by atoms with Gasteiger partial charge in [-0.15, -0.1) is 0 Å². The van der Waals surface area contributed by atoms with E-state index >= 15 is 0 Å². The Morgan fingerprint density at radius 1 is 1.20 bits per heavy atom. The van der Waals surface area contributed by atoms with Gasteiger partial charge in [-0.25, -0.2) is 0 Å². The van der Waals surface area contributed by atoms with Gasteiger partial charge in [0.25, 0.3) is 0 Å². The molecule has 0 unspecified atom stereocenters. The summed E-state index contributed by atoms with van der Waals surface area (Å²) in [5.74, 6) is 0. The standard InChI is InChI=1S/C12H16BF3N3.K/c1-12(13(14,15)16,9-5-6-10-18-19-17)11-7-3-2-4-8-11;/h2-4,7-8H,5-6,9-10H2,1H3;/q-1;+1/t12-;/m1./s1. The summed E-state index contributed by atoms with van der Waals surface area (Å²) in [7, 11) is 0. The van der Waals surface area contributed by atoms with E-state index in [1.54, 1.807) is 18.2 Å². The first-order valence-corrected chi connectivity index (χ1v) is 6.17. The van der Waals surface area contributed by atoms with Crippen molar-refractivity contribution in [1.29, 1.82) is 0 Å². The molecule has 1 atom stereocenters. The van der Waals surface area contributed by atoms with Crippen LogP contribution in [-0.2, 0) is 5.31 Å². The fraction of sp³-hybridized carbons (Fsp3) is 0.500. The quantitative estimate of drug-likeness (QED) is 0.242. The van der Waals surface area contributed by atoms with E-state index in [-0.39, 0.29) is 64.4 Å². The summed E-state index contributed by atoms with van der Waals surface area (Å²) in [4.78, 5) is 2.58. The van der Waals surface area contributed by atoms with Crippen LogP contribution < -0.4 is 51.4 Å². The van der Waals surface area contributed by atoms with Crippen molar-refractivity contribution in [2.24, 2.45) is 5.11 Å². The molecular weight excluding hydrogens is 293 g/mol. The van der Waals surface area contributed by atoms with Gasteiger partial charge in [-0.05, 0) is 17.3 Å². The Morgan fingerprint density at radius 2 is 1.80 bits per heavy atom. The molecule has 0 heterocycles. The summed E-state index contributed by atoms with van der Waals surface area (Å²) >= 11 is 0. The van der Waals surface area contributed by atoms with Crippen molar-refractivity contribution in [3.05, 3.63) is 46.3 Å². The van der Waals surface area contributed by atoms with Gasteiger partial charge in [0.05, 0.1) is 0 Å². The zero-order valence-corrected chi connectivity index (χ0v) is 14.9. The summed E-state index contributed by atoms with van der Waals surface area (Å²) in [5.41, 5.74) is 8.41. The van der Waals surface area contributed by atoms with Crippen molar-refractivity contribution in [1.82, 2.24) is 0 Å². The maximum atomic E-state index is 13.3. The van der Waals surface area contributed by atoms with Crippen LogP contribution in [0.25, 0.3) is 10.4 Å². The number of unbranched alkanes of at least 4 members (excludes halogenated alkanes) is 1. The van der Waals surface area contributed by atoms with Crippen LogP contribution in [0.5, 0.6) is 0 Å². The molecule has 3 nitrogen and oxygen atoms in total. The number of nitrogens with zero attached hydrogens (tertiary/aromatic N) is 3. The smallest absolute Gasteiger partial charge is 0.448 e. The molecule has 0 aliphatic rings. The second-order valence-corrected chi connectivity index (χ2v) is 4.77. The van der Waals surface area contributed by atoms with Gasteiger partial charge in [0.2, 0.25) is 0 Å². The van der Waals surface area contributed by atoms with E-state index in [9.17, 15) is 12.9 Å². The third kappa shape index (κ3) is 5.43. The third-order valence-electron chi connectivity index (χ3n) is 3.42. The Labute approximate surface area is 159 Å². The van der Waals surface area contributed by atoms with E-state index in [4.69, 9.17) is 5.53 Å². The largest absolute Gasteiger partial charge is 1.00 e. The summed E-state index contributed by atoms with van der Waals surface area (Å²) in [6.07, 6.45) is 0.867. The Hall–Kier alpha value is 0.0213. The first-order valence-electron chi connectivity index (χ1n) is 6.17. The van der Waals surface area contributed by atoms with Gasteiger partial charge in [-0.3, -0.25) is 0 Å². The van der Waals surface area contributed by atoms with Crippen molar-refractivity contribution in [2.75, 3.05) is 6.54 Å². The van der Waals surface area contributed by atoms with Crippen LogP contribution in [0.15, 0.2) is 35.4 Å². The summed E-state index contributed by atoms with van der Waals surface area (Å²) in [6.45, 7) is -3.50. The van der Waals surface area contributed by atoms with Crippen LogP contribution in [-0.4, -0.2) is 13.5 Å². The first kappa shape index (κ1) is 20.0. The molecule has 0 bridgehead atoms. The molecule has 0 aliphatic heterocycles. The van der Waals surface area contributed by atoms with Gasteiger partial charge in [0, 0.05) is 11.5 Å². The molecule has 0 N–H and O–H groups in total. The Balaban J connectivity index is 0.00000361. The molecule has 1 rings (SSSR count). The summed E-state index contributed by atoms with van der Waals surface area (Å²) in [5, 5.41) is 1.54. The van der Waals surface area contributed by atoms with Crippen molar-refractivity contribution < 1.29 is 64.3 Å². The van der Waals surface area contributed by atoms with E-state index in [0.29, 0.717) is 18.4 Å². The van der Waals surface area contributed by atoms with Crippen LogP contribution in [0, 0.1) is 0 Å². The SMILES string of the molecule is C[C@@](CCCCN=[N+]=[N-])(c1ccccc1)[B-](F)(F)F.[K+]. The van der Waals surface area contributed by atoms with Crippen molar-refractivity contribution in [2.45, 2.75) is 31.5 Å². The number of benzene rings is 1. The molecule has 1 aromatic rings. The molecule has 20 heavy (non-hydrogen) atoms. The van der Waals surface area contributed by atoms with E-state index in [0.717, 1.165) is 0 Å². The van der Waals surface area contributed by atoms with Gasteiger partial charge < -0.3 is 12.9 Å². The predicted octanol–water partition coefficient (Wildman–Crippen LogP) is 1.82. The average molecular weight is 309 g/mol. The van der Waals surface area contributed by atoms with E-state index in [1.807, 2.05) is 0 Å². The van der Waals surface area contributed by atoms with Crippen LogP contribution in [0.4, 0.5) is 12.9 Å². The first-order chi connectivity index (χ1) is 8.92. The Morgan fingerprint density at radius 3 is 2.30 bits per heavy atom. The maximum Gasteiger partial charge on any atom is 1.00 e.